The predicted octanol–water partition coefficient (Wildman–Crippen LogP) is 5.15. The van der Waals surface area contributed by atoms with Crippen molar-refractivity contribution in [2.24, 2.45) is 0 Å². The molecule has 0 bridgehead atoms. The molecular weight excluding hydrogens is 328 g/mol. The molecule has 3 nitrogen and oxygen atoms in total. The van der Waals surface area contributed by atoms with Gasteiger partial charge < -0.3 is 15.4 Å². The number of ether oxygens (including phenoxy) is 1. The van der Waals surface area contributed by atoms with Gasteiger partial charge in [-0.2, -0.15) is 0 Å². The fraction of sp³-hybridized carbons (Fsp3) is 0.381. The number of thiocarbonyl (C=S) groups is 1. The van der Waals surface area contributed by atoms with Crippen molar-refractivity contribution in [3.05, 3.63) is 59.7 Å². The van der Waals surface area contributed by atoms with Crippen LogP contribution in [0.3, 0.4) is 0 Å². The van der Waals surface area contributed by atoms with Crippen molar-refractivity contribution in [1.82, 2.24) is 5.32 Å². The molecule has 0 spiro atoms. The highest BCUT2D eigenvalue weighted by molar-refractivity contribution is 7.80. The van der Waals surface area contributed by atoms with Gasteiger partial charge in [0, 0.05) is 0 Å². The molecule has 3 rings (SSSR count). The number of nitrogens with one attached hydrogen (secondary N) is 2. The molecule has 0 amide bonds. The van der Waals surface area contributed by atoms with Gasteiger partial charge in [-0.1, -0.05) is 54.8 Å². The lowest BCUT2D eigenvalue weighted by Gasteiger charge is -2.33. The summed E-state index contributed by atoms with van der Waals surface area (Å²) in [7, 11) is 0. The number of hydrogen-bond donors (Lipinski definition) is 2. The molecule has 4 heteroatoms. The first kappa shape index (κ1) is 17.7. The van der Waals surface area contributed by atoms with Crippen molar-refractivity contribution in [1.29, 1.82) is 0 Å². The van der Waals surface area contributed by atoms with E-state index in [9.17, 15) is 0 Å². The van der Waals surface area contributed by atoms with Crippen LogP contribution in [0.1, 0.15) is 43.7 Å². The highest BCUT2D eigenvalue weighted by Crippen LogP contribution is 2.39. The van der Waals surface area contributed by atoms with Gasteiger partial charge in [0.1, 0.15) is 5.75 Å². The minimum absolute atomic E-state index is 0.0728. The lowest BCUT2D eigenvalue weighted by Crippen LogP contribution is -2.45. The van der Waals surface area contributed by atoms with E-state index in [2.05, 4.69) is 41.8 Å². The number of benzene rings is 2. The minimum atomic E-state index is -0.0728. The van der Waals surface area contributed by atoms with E-state index in [1.807, 2.05) is 31.2 Å². The van der Waals surface area contributed by atoms with Crippen molar-refractivity contribution in [2.45, 2.75) is 45.1 Å². The van der Waals surface area contributed by atoms with E-state index in [-0.39, 0.29) is 5.54 Å². The first-order chi connectivity index (χ1) is 12.1. The molecule has 1 fully saturated rings. The van der Waals surface area contributed by atoms with E-state index >= 15 is 0 Å². The van der Waals surface area contributed by atoms with Crippen molar-refractivity contribution < 1.29 is 4.74 Å². The van der Waals surface area contributed by atoms with Crippen LogP contribution < -0.4 is 15.4 Å². The summed E-state index contributed by atoms with van der Waals surface area (Å²) in [5.74, 6) is 0.824. The second-order valence-electron chi connectivity index (χ2n) is 6.67. The van der Waals surface area contributed by atoms with Gasteiger partial charge in [0.2, 0.25) is 0 Å². The van der Waals surface area contributed by atoms with Gasteiger partial charge in [0.05, 0.1) is 17.8 Å². The van der Waals surface area contributed by atoms with Crippen LogP contribution in [0.15, 0.2) is 48.5 Å². The van der Waals surface area contributed by atoms with Crippen LogP contribution in [0.5, 0.6) is 5.75 Å². The summed E-state index contributed by atoms with van der Waals surface area (Å²) in [5.41, 5.74) is 3.44. The topological polar surface area (TPSA) is 33.3 Å². The number of anilines is 1. The molecule has 0 heterocycles. The summed E-state index contributed by atoms with van der Waals surface area (Å²) in [5, 5.41) is 7.59. The summed E-state index contributed by atoms with van der Waals surface area (Å²) in [6.45, 7) is 4.76. The average molecular weight is 355 g/mol. The molecule has 2 N–H and O–H groups in total. The zero-order valence-corrected chi connectivity index (χ0v) is 15.8. The standard InChI is InChI=1S/C21H26N2OS/c1-3-24-19-12-5-4-11-18(19)22-20(25)23-21(13-6-7-14-21)17-10-8-9-16(2)15-17/h4-5,8-12,15H,3,6-7,13-14H2,1-2H3,(H2,22,23,25). The molecule has 0 unspecified atom stereocenters. The molecule has 132 valence electrons. The molecule has 25 heavy (non-hydrogen) atoms. The Morgan fingerprint density at radius 2 is 1.88 bits per heavy atom. The zero-order chi connectivity index (χ0) is 17.7. The van der Waals surface area contributed by atoms with E-state index < -0.39 is 0 Å². The average Bonchev–Trinajstić information content (AvgIpc) is 3.06. The SMILES string of the molecule is CCOc1ccccc1NC(=S)NC1(c2cccc(C)c2)CCCC1. The molecular formula is C21H26N2OS. The Hall–Kier alpha value is -2.07. The van der Waals surface area contributed by atoms with Gasteiger partial charge in [0.25, 0.3) is 0 Å². The Morgan fingerprint density at radius 1 is 1.12 bits per heavy atom. The van der Waals surface area contributed by atoms with E-state index in [0.717, 1.165) is 24.3 Å². The lowest BCUT2D eigenvalue weighted by atomic mass is 9.87. The smallest absolute Gasteiger partial charge is 0.171 e. The summed E-state index contributed by atoms with van der Waals surface area (Å²) in [6.07, 6.45) is 4.65. The van der Waals surface area contributed by atoms with Gasteiger partial charge in [-0.15, -0.1) is 0 Å². The molecule has 2 aromatic rings. The maximum absolute atomic E-state index is 5.68. The van der Waals surface area contributed by atoms with E-state index in [1.54, 1.807) is 0 Å². The molecule has 0 saturated heterocycles. The van der Waals surface area contributed by atoms with Gasteiger partial charge in [0.15, 0.2) is 5.11 Å². The van der Waals surface area contributed by atoms with Crippen LogP contribution in [0.2, 0.25) is 0 Å². The lowest BCUT2D eigenvalue weighted by molar-refractivity contribution is 0.342. The number of hydrogen-bond acceptors (Lipinski definition) is 2. The fourth-order valence-electron chi connectivity index (χ4n) is 3.63. The van der Waals surface area contributed by atoms with Gasteiger partial charge in [-0.25, -0.2) is 0 Å². The molecule has 0 radical (unpaired) electrons. The third-order valence-corrected chi connectivity index (χ3v) is 5.02. The first-order valence-corrected chi connectivity index (χ1v) is 9.42. The molecule has 1 aliphatic rings. The molecule has 2 aromatic carbocycles. The minimum Gasteiger partial charge on any atom is -0.492 e. The first-order valence-electron chi connectivity index (χ1n) is 9.01. The van der Waals surface area contributed by atoms with Crippen LogP contribution in [-0.2, 0) is 5.54 Å². The molecule has 1 saturated carbocycles. The van der Waals surface area contributed by atoms with Crippen LogP contribution in [0, 0.1) is 6.92 Å². The number of aryl methyl sites for hydroxylation is 1. The molecule has 0 aliphatic heterocycles. The molecule has 0 atom stereocenters. The Morgan fingerprint density at radius 3 is 2.60 bits per heavy atom. The maximum atomic E-state index is 5.68. The Labute approximate surface area is 155 Å². The Kier molecular flexibility index (Phi) is 5.59. The van der Waals surface area contributed by atoms with Gasteiger partial charge in [-0.05, 0) is 56.6 Å². The summed E-state index contributed by atoms with van der Waals surface area (Å²) in [6, 6.07) is 16.7. The molecule has 1 aliphatic carbocycles. The van der Waals surface area contributed by atoms with Crippen LogP contribution in [0.4, 0.5) is 5.69 Å². The van der Waals surface area contributed by atoms with Crippen LogP contribution in [0.25, 0.3) is 0 Å². The number of para-hydroxylation sites is 2. The second kappa shape index (κ2) is 7.87. The third-order valence-electron chi connectivity index (χ3n) is 4.82. The van der Waals surface area contributed by atoms with Crippen molar-refractivity contribution in [2.75, 3.05) is 11.9 Å². The van der Waals surface area contributed by atoms with E-state index in [0.29, 0.717) is 11.7 Å². The van der Waals surface area contributed by atoms with Crippen LogP contribution >= 0.6 is 12.2 Å². The summed E-state index contributed by atoms with van der Waals surface area (Å²) < 4.78 is 5.68. The third kappa shape index (κ3) is 4.13. The largest absolute Gasteiger partial charge is 0.492 e. The predicted molar refractivity (Wildman–Crippen MR) is 108 cm³/mol. The maximum Gasteiger partial charge on any atom is 0.171 e. The number of rotatable bonds is 5. The summed E-state index contributed by atoms with van der Waals surface area (Å²) >= 11 is 5.64. The van der Waals surface area contributed by atoms with Gasteiger partial charge >= 0.3 is 0 Å². The van der Waals surface area contributed by atoms with Crippen molar-refractivity contribution >= 4 is 23.0 Å². The van der Waals surface area contributed by atoms with Crippen molar-refractivity contribution in [3.63, 3.8) is 0 Å². The van der Waals surface area contributed by atoms with Crippen molar-refractivity contribution in [3.8, 4) is 5.75 Å². The van der Waals surface area contributed by atoms with E-state index in [4.69, 9.17) is 17.0 Å². The zero-order valence-electron chi connectivity index (χ0n) is 15.0. The van der Waals surface area contributed by atoms with E-state index in [1.165, 1.54) is 24.0 Å². The Balaban J connectivity index is 1.78. The molecule has 0 aromatic heterocycles. The normalized spacial score (nSPS) is 15.6. The highest BCUT2D eigenvalue weighted by Gasteiger charge is 2.36. The van der Waals surface area contributed by atoms with Gasteiger partial charge in [-0.3, -0.25) is 0 Å². The quantitative estimate of drug-likeness (QED) is 0.728. The second-order valence-corrected chi connectivity index (χ2v) is 7.08. The summed E-state index contributed by atoms with van der Waals surface area (Å²) in [4.78, 5) is 0. The fourth-order valence-corrected chi connectivity index (χ4v) is 3.93. The van der Waals surface area contributed by atoms with Crippen LogP contribution in [-0.4, -0.2) is 11.7 Å². The Bertz CT molecular complexity index is 738. The highest BCUT2D eigenvalue weighted by atomic mass is 32.1. The monoisotopic (exact) mass is 354 g/mol.